The molecule has 104 valence electrons. The van der Waals surface area contributed by atoms with Gasteiger partial charge in [-0.1, -0.05) is 0 Å². The summed E-state index contributed by atoms with van der Waals surface area (Å²) in [7, 11) is 1.69. The molecule has 0 saturated carbocycles. The molecule has 1 aliphatic rings. The molecule has 0 bridgehead atoms. The number of amides is 1. The van der Waals surface area contributed by atoms with E-state index in [4.69, 9.17) is 4.74 Å². The van der Waals surface area contributed by atoms with E-state index in [1.165, 1.54) is 18.2 Å². The highest BCUT2D eigenvalue weighted by molar-refractivity contribution is 9.10. The van der Waals surface area contributed by atoms with Crippen LogP contribution >= 0.6 is 15.9 Å². The van der Waals surface area contributed by atoms with Crippen molar-refractivity contribution in [2.75, 3.05) is 33.3 Å². The number of likely N-dealkylation sites (N-methyl/N-ethyl adjacent to an activating group) is 1. The summed E-state index contributed by atoms with van der Waals surface area (Å²) in [6.07, 6.45) is -0.0185. The molecule has 1 saturated heterocycles. The summed E-state index contributed by atoms with van der Waals surface area (Å²) >= 11 is 3.27. The SMILES string of the molecule is CN(CC1CNCCO1)C(=O)c1cc(F)ccc1Br. The van der Waals surface area contributed by atoms with Gasteiger partial charge >= 0.3 is 0 Å². The Balaban J connectivity index is 2.03. The number of nitrogens with one attached hydrogen (secondary N) is 1. The van der Waals surface area contributed by atoms with Gasteiger partial charge in [0.2, 0.25) is 0 Å². The van der Waals surface area contributed by atoms with Crippen molar-refractivity contribution in [2.45, 2.75) is 6.10 Å². The Morgan fingerprint density at radius 3 is 3.11 bits per heavy atom. The van der Waals surface area contributed by atoms with Crippen LogP contribution in [0.5, 0.6) is 0 Å². The van der Waals surface area contributed by atoms with E-state index in [1.807, 2.05) is 0 Å². The van der Waals surface area contributed by atoms with E-state index >= 15 is 0 Å². The molecule has 1 aromatic carbocycles. The number of hydrogen-bond acceptors (Lipinski definition) is 3. The van der Waals surface area contributed by atoms with Gasteiger partial charge in [-0.05, 0) is 34.1 Å². The Morgan fingerprint density at radius 2 is 2.42 bits per heavy atom. The van der Waals surface area contributed by atoms with Crippen molar-refractivity contribution in [3.63, 3.8) is 0 Å². The van der Waals surface area contributed by atoms with Crippen molar-refractivity contribution in [2.24, 2.45) is 0 Å². The van der Waals surface area contributed by atoms with Gasteiger partial charge in [0.25, 0.3) is 5.91 Å². The number of nitrogens with zero attached hydrogens (tertiary/aromatic N) is 1. The summed E-state index contributed by atoms with van der Waals surface area (Å²) in [5, 5.41) is 3.21. The first-order chi connectivity index (χ1) is 9.08. The van der Waals surface area contributed by atoms with E-state index in [2.05, 4.69) is 21.2 Å². The van der Waals surface area contributed by atoms with Crippen LogP contribution in [0.4, 0.5) is 4.39 Å². The van der Waals surface area contributed by atoms with Crippen LogP contribution < -0.4 is 5.32 Å². The third-order valence-corrected chi connectivity index (χ3v) is 3.68. The third kappa shape index (κ3) is 3.75. The average molecular weight is 331 g/mol. The standard InChI is InChI=1S/C13H16BrFN2O2/c1-17(8-10-7-16-4-5-19-10)13(18)11-6-9(15)2-3-12(11)14/h2-3,6,10,16H,4-5,7-8H2,1H3. The summed E-state index contributed by atoms with van der Waals surface area (Å²) in [6, 6.07) is 4.09. The molecular weight excluding hydrogens is 315 g/mol. The van der Waals surface area contributed by atoms with Crippen molar-refractivity contribution in [3.8, 4) is 0 Å². The number of carbonyl (C=O) groups excluding carboxylic acids is 1. The van der Waals surface area contributed by atoms with E-state index < -0.39 is 5.82 Å². The van der Waals surface area contributed by atoms with Crippen LogP contribution in [0.25, 0.3) is 0 Å². The Bertz CT molecular complexity index is 464. The minimum absolute atomic E-state index is 0.0185. The molecular formula is C13H16BrFN2O2. The Kier molecular flexibility index (Phi) is 4.90. The Morgan fingerprint density at radius 1 is 1.63 bits per heavy atom. The van der Waals surface area contributed by atoms with E-state index in [9.17, 15) is 9.18 Å². The molecule has 19 heavy (non-hydrogen) atoms. The van der Waals surface area contributed by atoms with Crippen LogP contribution in [0, 0.1) is 5.82 Å². The van der Waals surface area contributed by atoms with Gasteiger partial charge in [0, 0.05) is 31.2 Å². The fraction of sp³-hybridized carbons (Fsp3) is 0.462. The minimum Gasteiger partial charge on any atom is -0.374 e. The molecule has 4 nitrogen and oxygen atoms in total. The maximum absolute atomic E-state index is 13.2. The largest absolute Gasteiger partial charge is 0.374 e. The molecule has 6 heteroatoms. The lowest BCUT2D eigenvalue weighted by Crippen LogP contribution is -2.45. The first-order valence-electron chi connectivity index (χ1n) is 6.11. The number of carbonyl (C=O) groups is 1. The van der Waals surface area contributed by atoms with Crippen molar-refractivity contribution in [1.29, 1.82) is 0 Å². The predicted octanol–water partition coefficient (Wildman–Crippen LogP) is 1.65. The van der Waals surface area contributed by atoms with Crippen LogP contribution in [-0.4, -0.2) is 50.2 Å². The summed E-state index contributed by atoms with van der Waals surface area (Å²) in [4.78, 5) is 13.8. The van der Waals surface area contributed by atoms with Gasteiger partial charge in [-0.3, -0.25) is 4.79 Å². The molecule has 1 heterocycles. The fourth-order valence-electron chi connectivity index (χ4n) is 1.99. The monoisotopic (exact) mass is 330 g/mol. The minimum atomic E-state index is -0.421. The van der Waals surface area contributed by atoms with Gasteiger partial charge in [0.1, 0.15) is 5.82 Å². The van der Waals surface area contributed by atoms with E-state index in [0.717, 1.165) is 13.1 Å². The number of benzene rings is 1. The molecule has 2 rings (SSSR count). The highest BCUT2D eigenvalue weighted by Crippen LogP contribution is 2.19. The van der Waals surface area contributed by atoms with Crippen LogP contribution in [0.1, 0.15) is 10.4 Å². The number of ether oxygens (including phenoxy) is 1. The summed E-state index contributed by atoms with van der Waals surface area (Å²) in [6.45, 7) is 2.69. The third-order valence-electron chi connectivity index (χ3n) is 2.99. The van der Waals surface area contributed by atoms with Crippen molar-refractivity contribution in [3.05, 3.63) is 34.1 Å². The van der Waals surface area contributed by atoms with Crippen LogP contribution in [-0.2, 0) is 4.74 Å². The van der Waals surface area contributed by atoms with Gasteiger partial charge in [0.05, 0.1) is 18.3 Å². The molecule has 0 spiro atoms. The first kappa shape index (κ1) is 14.4. The zero-order chi connectivity index (χ0) is 13.8. The molecule has 1 unspecified atom stereocenters. The van der Waals surface area contributed by atoms with Crippen LogP contribution in [0.2, 0.25) is 0 Å². The number of hydrogen-bond donors (Lipinski definition) is 1. The smallest absolute Gasteiger partial charge is 0.254 e. The zero-order valence-electron chi connectivity index (χ0n) is 10.7. The molecule has 0 aliphatic carbocycles. The maximum Gasteiger partial charge on any atom is 0.254 e. The first-order valence-corrected chi connectivity index (χ1v) is 6.90. The topological polar surface area (TPSA) is 41.6 Å². The van der Waals surface area contributed by atoms with Gasteiger partial charge in [-0.2, -0.15) is 0 Å². The lowest BCUT2D eigenvalue weighted by Gasteiger charge is -2.28. The second kappa shape index (κ2) is 6.45. The lowest BCUT2D eigenvalue weighted by atomic mass is 10.2. The second-order valence-corrected chi connectivity index (χ2v) is 5.36. The quantitative estimate of drug-likeness (QED) is 0.916. The highest BCUT2D eigenvalue weighted by atomic mass is 79.9. The van der Waals surface area contributed by atoms with Gasteiger partial charge in [0.15, 0.2) is 0 Å². The molecule has 1 aliphatic heterocycles. The summed E-state index contributed by atoms with van der Waals surface area (Å²) in [5.41, 5.74) is 0.325. The van der Waals surface area contributed by atoms with Crippen LogP contribution in [0.15, 0.2) is 22.7 Å². The summed E-state index contributed by atoms with van der Waals surface area (Å²) in [5.74, 6) is -0.643. The predicted molar refractivity (Wildman–Crippen MR) is 73.7 cm³/mol. The molecule has 1 atom stereocenters. The fourth-order valence-corrected chi connectivity index (χ4v) is 2.41. The van der Waals surface area contributed by atoms with E-state index in [0.29, 0.717) is 23.2 Å². The maximum atomic E-state index is 13.2. The molecule has 1 fully saturated rings. The van der Waals surface area contributed by atoms with Crippen LogP contribution in [0.3, 0.4) is 0 Å². The number of halogens is 2. The van der Waals surface area contributed by atoms with Crippen molar-refractivity contribution >= 4 is 21.8 Å². The zero-order valence-corrected chi connectivity index (χ0v) is 12.2. The van der Waals surface area contributed by atoms with Gasteiger partial charge in [-0.15, -0.1) is 0 Å². The highest BCUT2D eigenvalue weighted by Gasteiger charge is 2.21. The van der Waals surface area contributed by atoms with Gasteiger partial charge < -0.3 is 15.0 Å². The number of rotatable bonds is 3. The summed E-state index contributed by atoms with van der Waals surface area (Å²) < 4.78 is 19.3. The van der Waals surface area contributed by atoms with Crippen molar-refractivity contribution < 1.29 is 13.9 Å². The second-order valence-electron chi connectivity index (χ2n) is 4.51. The van der Waals surface area contributed by atoms with E-state index in [1.54, 1.807) is 11.9 Å². The van der Waals surface area contributed by atoms with Crippen molar-refractivity contribution in [1.82, 2.24) is 10.2 Å². The Hall–Kier alpha value is -0.980. The normalized spacial score (nSPS) is 19.2. The Labute approximate surface area is 120 Å². The average Bonchev–Trinajstić information content (AvgIpc) is 2.42. The molecule has 0 aromatic heterocycles. The van der Waals surface area contributed by atoms with E-state index in [-0.39, 0.29) is 12.0 Å². The lowest BCUT2D eigenvalue weighted by molar-refractivity contribution is 0.0103. The van der Waals surface area contributed by atoms with Gasteiger partial charge in [-0.25, -0.2) is 4.39 Å². The molecule has 0 radical (unpaired) electrons. The molecule has 1 aromatic rings. The molecule has 1 N–H and O–H groups in total. The number of morpholine rings is 1. The molecule has 1 amide bonds.